The molecule has 3 rings (SSSR count). The molecule has 0 amide bonds. The van der Waals surface area contributed by atoms with Gasteiger partial charge in [-0.3, -0.25) is 4.57 Å². The van der Waals surface area contributed by atoms with Crippen LogP contribution in [0.5, 0.6) is 0 Å². The highest BCUT2D eigenvalue weighted by Crippen LogP contribution is 2.34. The summed E-state index contributed by atoms with van der Waals surface area (Å²) in [5.74, 6) is 0.807. The molecule has 1 saturated carbocycles. The van der Waals surface area contributed by atoms with Gasteiger partial charge in [0.05, 0.1) is 16.6 Å². The van der Waals surface area contributed by atoms with E-state index in [1.807, 2.05) is 16.7 Å². The molecule has 1 fully saturated rings. The number of benzene rings is 1. The third-order valence-electron chi connectivity index (χ3n) is 4.63. The molecule has 0 radical (unpaired) electrons. The van der Waals surface area contributed by atoms with Crippen LogP contribution in [-0.4, -0.2) is 9.55 Å². The molecular formula is C16H19N3O. The van der Waals surface area contributed by atoms with Crippen molar-refractivity contribution in [1.82, 2.24) is 9.55 Å². The number of nitrogens with one attached hydrogen (secondary N) is 1. The molecule has 0 unspecified atom stereocenters. The van der Waals surface area contributed by atoms with Gasteiger partial charge in [0.2, 0.25) is 0 Å². The van der Waals surface area contributed by atoms with Crippen LogP contribution in [0.4, 0.5) is 0 Å². The van der Waals surface area contributed by atoms with Gasteiger partial charge in [-0.1, -0.05) is 19.4 Å². The topological polar surface area (TPSA) is 61.6 Å². The molecule has 0 bridgehead atoms. The first-order chi connectivity index (χ1) is 9.74. The number of nitrogens with zero attached hydrogens (tertiary/aromatic N) is 2. The maximum Gasteiger partial charge on any atom is 0.326 e. The number of para-hydroxylation sites is 1. The van der Waals surface area contributed by atoms with E-state index in [4.69, 9.17) is 5.26 Å². The summed E-state index contributed by atoms with van der Waals surface area (Å²) >= 11 is 0. The number of H-pyrrole nitrogens is 1. The average Bonchev–Trinajstić information content (AvgIpc) is 2.83. The Morgan fingerprint density at radius 2 is 2.10 bits per heavy atom. The van der Waals surface area contributed by atoms with E-state index in [-0.39, 0.29) is 11.7 Å². The van der Waals surface area contributed by atoms with E-state index in [0.29, 0.717) is 11.1 Å². The molecule has 104 valence electrons. The van der Waals surface area contributed by atoms with Crippen LogP contribution in [0.2, 0.25) is 0 Å². The lowest BCUT2D eigenvalue weighted by Crippen LogP contribution is -2.26. The smallest absolute Gasteiger partial charge is 0.304 e. The molecule has 0 spiro atoms. The van der Waals surface area contributed by atoms with Crippen LogP contribution in [0.15, 0.2) is 23.0 Å². The van der Waals surface area contributed by atoms with Gasteiger partial charge < -0.3 is 4.98 Å². The fraction of sp³-hybridized carbons (Fsp3) is 0.500. The number of hydrogen-bond donors (Lipinski definition) is 1. The van der Waals surface area contributed by atoms with Gasteiger partial charge in [0, 0.05) is 6.04 Å². The van der Waals surface area contributed by atoms with Gasteiger partial charge in [-0.15, -0.1) is 0 Å². The summed E-state index contributed by atoms with van der Waals surface area (Å²) in [4.78, 5) is 15.1. The molecule has 0 atom stereocenters. The third kappa shape index (κ3) is 2.03. The Morgan fingerprint density at radius 1 is 1.35 bits per heavy atom. The lowest BCUT2D eigenvalue weighted by atomic mass is 9.84. The summed E-state index contributed by atoms with van der Waals surface area (Å²) in [5.41, 5.74) is 2.01. The molecule has 0 saturated heterocycles. The van der Waals surface area contributed by atoms with Crippen molar-refractivity contribution in [2.24, 2.45) is 5.92 Å². The maximum absolute atomic E-state index is 12.3. The van der Waals surface area contributed by atoms with Gasteiger partial charge in [-0.2, -0.15) is 5.26 Å². The molecule has 1 N–H and O–H groups in total. The lowest BCUT2D eigenvalue weighted by molar-refractivity contribution is 0.270. The lowest BCUT2D eigenvalue weighted by Gasteiger charge is -2.28. The molecular weight excluding hydrogens is 250 g/mol. The van der Waals surface area contributed by atoms with E-state index in [1.165, 1.54) is 19.3 Å². The van der Waals surface area contributed by atoms with Crippen LogP contribution in [-0.2, 0) is 0 Å². The zero-order chi connectivity index (χ0) is 14.1. The van der Waals surface area contributed by atoms with Gasteiger partial charge in [-0.25, -0.2) is 4.79 Å². The van der Waals surface area contributed by atoms with Crippen molar-refractivity contribution in [1.29, 1.82) is 5.26 Å². The van der Waals surface area contributed by atoms with Crippen molar-refractivity contribution < 1.29 is 0 Å². The van der Waals surface area contributed by atoms with Crippen molar-refractivity contribution in [3.05, 3.63) is 34.2 Å². The molecule has 2 aromatic rings. The first-order valence-corrected chi connectivity index (χ1v) is 7.38. The molecule has 1 aromatic carbocycles. The van der Waals surface area contributed by atoms with Gasteiger partial charge in [-0.05, 0) is 43.7 Å². The standard InChI is InChI=1S/C16H19N3O/c1-2-11-6-8-13(9-7-11)19-14-5-3-4-12(10-17)15(14)18-16(19)20/h3-5,11,13H,2,6-9H2,1H3,(H,18,20). The number of aromatic amines is 1. The summed E-state index contributed by atoms with van der Waals surface area (Å²) < 4.78 is 1.86. The van der Waals surface area contributed by atoms with Crippen LogP contribution in [0.3, 0.4) is 0 Å². The van der Waals surface area contributed by atoms with Gasteiger partial charge >= 0.3 is 5.69 Å². The molecule has 1 aliphatic carbocycles. The summed E-state index contributed by atoms with van der Waals surface area (Å²) in [7, 11) is 0. The van der Waals surface area contributed by atoms with Crippen molar-refractivity contribution in [2.45, 2.75) is 45.1 Å². The quantitative estimate of drug-likeness (QED) is 0.908. The maximum atomic E-state index is 12.3. The van der Waals surface area contributed by atoms with Crippen LogP contribution < -0.4 is 5.69 Å². The van der Waals surface area contributed by atoms with Crippen molar-refractivity contribution in [3.8, 4) is 6.07 Å². The second kappa shape index (κ2) is 5.16. The first kappa shape index (κ1) is 13.0. The van der Waals surface area contributed by atoms with Crippen molar-refractivity contribution in [2.75, 3.05) is 0 Å². The SMILES string of the molecule is CCC1CCC(n2c(=O)[nH]c3c(C#N)cccc32)CC1. The fourth-order valence-corrected chi connectivity index (χ4v) is 3.42. The number of nitriles is 1. The van der Waals surface area contributed by atoms with Crippen LogP contribution in [0.25, 0.3) is 11.0 Å². The Kier molecular flexibility index (Phi) is 3.35. The van der Waals surface area contributed by atoms with Gasteiger partial charge in [0.15, 0.2) is 0 Å². The van der Waals surface area contributed by atoms with E-state index in [2.05, 4.69) is 18.0 Å². The van der Waals surface area contributed by atoms with Crippen molar-refractivity contribution in [3.63, 3.8) is 0 Å². The second-order valence-electron chi connectivity index (χ2n) is 5.69. The summed E-state index contributed by atoms with van der Waals surface area (Å²) in [6.45, 7) is 2.24. The summed E-state index contributed by atoms with van der Waals surface area (Å²) in [6.07, 6.45) is 5.73. The molecule has 20 heavy (non-hydrogen) atoms. The highest BCUT2D eigenvalue weighted by Gasteiger charge is 2.24. The number of imidazole rings is 1. The average molecular weight is 269 g/mol. The largest absolute Gasteiger partial charge is 0.326 e. The Bertz CT molecular complexity index is 711. The van der Waals surface area contributed by atoms with E-state index in [0.717, 1.165) is 24.3 Å². The van der Waals surface area contributed by atoms with E-state index >= 15 is 0 Å². The Morgan fingerprint density at radius 3 is 2.75 bits per heavy atom. The molecule has 4 heteroatoms. The Labute approximate surface area is 118 Å². The predicted octanol–water partition coefficient (Wildman–Crippen LogP) is 3.34. The highest BCUT2D eigenvalue weighted by molar-refractivity contribution is 5.81. The molecule has 4 nitrogen and oxygen atoms in total. The monoisotopic (exact) mass is 269 g/mol. The normalized spacial score (nSPS) is 22.8. The van der Waals surface area contributed by atoms with Crippen LogP contribution in [0, 0.1) is 17.2 Å². The number of rotatable bonds is 2. The summed E-state index contributed by atoms with van der Waals surface area (Å²) in [6, 6.07) is 7.94. The zero-order valence-corrected chi connectivity index (χ0v) is 11.7. The Balaban J connectivity index is 2.03. The molecule has 1 heterocycles. The highest BCUT2D eigenvalue weighted by atomic mass is 16.1. The van der Waals surface area contributed by atoms with Gasteiger partial charge in [0.25, 0.3) is 0 Å². The fourth-order valence-electron chi connectivity index (χ4n) is 3.42. The van der Waals surface area contributed by atoms with E-state index in [1.54, 1.807) is 6.07 Å². The first-order valence-electron chi connectivity index (χ1n) is 7.38. The minimum Gasteiger partial charge on any atom is -0.304 e. The minimum atomic E-state index is -0.0809. The number of hydrogen-bond acceptors (Lipinski definition) is 2. The molecule has 1 aromatic heterocycles. The molecule has 1 aliphatic rings. The van der Waals surface area contributed by atoms with Gasteiger partial charge in [0.1, 0.15) is 6.07 Å². The molecule has 0 aliphatic heterocycles. The van der Waals surface area contributed by atoms with Crippen LogP contribution in [0.1, 0.15) is 50.6 Å². The number of aromatic nitrogens is 2. The van der Waals surface area contributed by atoms with E-state index in [9.17, 15) is 4.79 Å². The Hall–Kier alpha value is -2.02. The van der Waals surface area contributed by atoms with Crippen molar-refractivity contribution >= 4 is 11.0 Å². The minimum absolute atomic E-state index is 0.0809. The summed E-state index contributed by atoms with van der Waals surface area (Å²) in [5, 5.41) is 9.13. The third-order valence-corrected chi connectivity index (χ3v) is 4.63. The van der Waals surface area contributed by atoms with E-state index < -0.39 is 0 Å². The zero-order valence-electron chi connectivity index (χ0n) is 11.7. The van der Waals surface area contributed by atoms with Crippen LogP contribution >= 0.6 is 0 Å². The predicted molar refractivity (Wildman–Crippen MR) is 78.6 cm³/mol. The second-order valence-corrected chi connectivity index (χ2v) is 5.69. The number of fused-ring (bicyclic) bond motifs is 1.